The first-order valence-electron chi connectivity index (χ1n) is 5.92. The Balaban J connectivity index is 1.89. The monoisotopic (exact) mass is 248 g/mol. The van der Waals surface area contributed by atoms with Gasteiger partial charge in [0.1, 0.15) is 0 Å². The molecule has 0 saturated carbocycles. The summed E-state index contributed by atoms with van der Waals surface area (Å²) in [6.45, 7) is 4.24. The van der Waals surface area contributed by atoms with E-state index in [2.05, 4.69) is 20.3 Å². The van der Waals surface area contributed by atoms with Crippen molar-refractivity contribution in [1.29, 1.82) is 0 Å². The van der Waals surface area contributed by atoms with Gasteiger partial charge in [0, 0.05) is 31.3 Å². The van der Waals surface area contributed by atoms with Gasteiger partial charge in [-0.3, -0.25) is 4.79 Å². The van der Waals surface area contributed by atoms with Crippen molar-refractivity contribution in [2.75, 3.05) is 6.54 Å². The van der Waals surface area contributed by atoms with Gasteiger partial charge in [0.05, 0.1) is 12.0 Å². The molecule has 2 rings (SSSR count). The van der Waals surface area contributed by atoms with E-state index in [0.29, 0.717) is 36.7 Å². The molecule has 0 saturated heterocycles. The summed E-state index contributed by atoms with van der Waals surface area (Å²) in [5, 5.41) is 2.80. The van der Waals surface area contributed by atoms with Gasteiger partial charge >= 0.3 is 0 Å². The fourth-order valence-corrected chi connectivity index (χ4v) is 1.63. The summed E-state index contributed by atoms with van der Waals surface area (Å²) >= 11 is 0. The molecule has 0 bridgehead atoms. The van der Waals surface area contributed by atoms with Gasteiger partial charge in [-0.05, 0) is 6.92 Å². The van der Waals surface area contributed by atoms with E-state index in [1.807, 2.05) is 6.92 Å². The number of aromatic nitrogens is 3. The lowest BCUT2D eigenvalue weighted by atomic mass is 10.3. The second kappa shape index (κ2) is 5.48. The molecule has 6 nitrogen and oxygen atoms in total. The zero-order chi connectivity index (χ0) is 13.0. The van der Waals surface area contributed by atoms with E-state index in [1.54, 1.807) is 19.4 Å². The average molecular weight is 248 g/mol. The molecule has 6 heteroatoms. The molecule has 1 amide bonds. The zero-order valence-corrected chi connectivity index (χ0v) is 10.5. The molecule has 0 fully saturated rings. The molecule has 0 spiro atoms. The topological polar surface area (TPSA) is 83.8 Å². The Morgan fingerprint density at radius 3 is 3.00 bits per heavy atom. The van der Waals surface area contributed by atoms with Crippen molar-refractivity contribution in [3.05, 3.63) is 35.6 Å². The standard InChI is InChI=1S/C12H16N4O2/c1-3-10-16-8(2)11(18-10)12(17)14-5-4-9-6-13-7-15-9/h6-7H,3-5H2,1-2H3,(H,13,15)(H,14,17). The van der Waals surface area contributed by atoms with Gasteiger partial charge in [-0.1, -0.05) is 6.92 Å². The summed E-state index contributed by atoms with van der Waals surface area (Å²) in [7, 11) is 0. The first-order chi connectivity index (χ1) is 8.70. The van der Waals surface area contributed by atoms with Crippen LogP contribution in [0.5, 0.6) is 0 Å². The van der Waals surface area contributed by atoms with Crippen molar-refractivity contribution in [1.82, 2.24) is 20.3 Å². The Labute approximate surface area is 105 Å². The molecule has 0 unspecified atom stereocenters. The minimum Gasteiger partial charge on any atom is -0.435 e. The van der Waals surface area contributed by atoms with Crippen molar-refractivity contribution >= 4 is 5.91 Å². The van der Waals surface area contributed by atoms with Gasteiger partial charge in [-0.25, -0.2) is 9.97 Å². The second-order valence-corrected chi connectivity index (χ2v) is 3.96. The van der Waals surface area contributed by atoms with Crippen LogP contribution in [0, 0.1) is 6.92 Å². The largest absolute Gasteiger partial charge is 0.435 e. The quantitative estimate of drug-likeness (QED) is 0.833. The third kappa shape index (κ3) is 2.77. The van der Waals surface area contributed by atoms with E-state index in [0.717, 1.165) is 5.69 Å². The molecule has 0 atom stereocenters. The summed E-state index contributed by atoms with van der Waals surface area (Å²) in [5.74, 6) is 0.668. The Morgan fingerprint density at radius 1 is 1.56 bits per heavy atom. The highest BCUT2D eigenvalue weighted by Crippen LogP contribution is 2.10. The number of amides is 1. The summed E-state index contributed by atoms with van der Waals surface area (Å²) < 4.78 is 5.37. The molecule has 2 aromatic heterocycles. The number of hydrogen-bond donors (Lipinski definition) is 2. The number of nitrogens with one attached hydrogen (secondary N) is 2. The highest BCUT2D eigenvalue weighted by molar-refractivity contribution is 5.92. The summed E-state index contributed by atoms with van der Waals surface area (Å²) in [6.07, 6.45) is 4.74. The minimum absolute atomic E-state index is 0.223. The van der Waals surface area contributed by atoms with E-state index >= 15 is 0 Å². The van der Waals surface area contributed by atoms with Crippen molar-refractivity contribution in [3.8, 4) is 0 Å². The van der Waals surface area contributed by atoms with Crippen LogP contribution in [0.4, 0.5) is 0 Å². The van der Waals surface area contributed by atoms with Crippen LogP contribution in [0.3, 0.4) is 0 Å². The number of carbonyl (C=O) groups is 1. The van der Waals surface area contributed by atoms with E-state index in [-0.39, 0.29) is 5.91 Å². The van der Waals surface area contributed by atoms with Crippen molar-refractivity contribution in [2.45, 2.75) is 26.7 Å². The van der Waals surface area contributed by atoms with Gasteiger partial charge in [0.25, 0.3) is 5.91 Å². The maximum absolute atomic E-state index is 11.9. The summed E-state index contributed by atoms with van der Waals surface area (Å²) in [6, 6.07) is 0. The lowest BCUT2D eigenvalue weighted by Crippen LogP contribution is -2.26. The van der Waals surface area contributed by atoms with Crippen molar-refractivity contribution in [2.24, 2.45) is 0 Å². The number of carbonyl (C=O) groups excluding carboxylic acids is 1. The molecule has 0 aromatic carbocycles. The lowest BCUT2D eigenvalue weighted by Gasteiger charge is -2.01. The van der Waals surface area contributed by atoms with Crippen LogP contribution in [0.25, 0.3) is 0 Å². The molecule has 0 aliphatic heterocycles. The van der Waals surface area contributed by atoms with Crippen LogP contribution in [0.1, 0.15) is 34.8 Å². The fourth-order valence-electron chi connectivity index (χ4n) is 1.63. The van der Waals surface area contributed by atoms with Gasteiger partial charge < -0.3 is 14.7 Å². The number of hydrogen-bond acceptors (Lipinski definition) is 4. The highest BCUT2D eigenvalue weighted by Gasteiger charge is 2.16. The predicted molar refractivity (Wildman–Crippen MR) is 65.2 cm³/mol. The second-order valence-electron chi connectivity index (χ2n) is 3.96. The Morgan fingerprint density at radius 2 is 2.39 bits per heavy atom. The summed E-state index contributed by atoms with van der Waals surface area (Å²) in [5.41, 5.74) is 1.62. The number of oxazole rings is 1. The average Bonchev–Trinajstić information content (AvgIpc) is 2.98. The Kier molecular flexibility index (Phi) is 3.76. The molecule has 96 valence electrons. The van der Waals surface area contributed by atoms with Crippen LogP contribution < -0.4 is 5.32 Å². The number of aryl methyl sites for hydroxylation is 2. The van der Waals surface area contributed by atoms with E-state index in [1.165, 1.54) is 0 Å². The Hall–Kier alpha value is -2.11. The van der Waals surface area contributed by atoms with E-state index in [9.17, 15) is 4.79 Å². The third-order valence-corrected chi connectivity index (χ3v) is 2.58. The molecule has 18 heavy (non-hydrogen) atoms. The number of nitrogens with zero attached hydrogens (tertiary/aromatic N) is 2. The summed E-state index contributed by atoms with van der Waals surface area (Å²) in [4.78, 5) is 22.9. The highest BCUT2D eigenvalue weighted by atomic mass is 16.4. The molecular weight excluding hydrogens is 232 g/mol. The van der Waals surface area contributed by atoms with Gasteiger partial charge in [0.15, 0.2) is 5.89 Å². The van der Waals surface area contributed by atoms with Crippen molar-refractivity contribution in [3.63, 3.8) is 0 Å². The van der Waals surface area contributed by atoms with Gasteiger partial charge in [0.2, 0.25) is 5.76 Å². The molecule has 0 radical (unpaired) electrons. The third-order valence-electron chi connectivity index (χ3n) is 2.58. The smallest absolute Gasteiger partial charge is 0.289 e. The number of aromatic amines is 1. The number of H-pyrrole nitrogens is 1. The van der Waals surface area contributed by atoms with Gasteiger partial charge in [-0.15, -0.1) is 0 Å². The van der Waals surface area contributed by atoms with E-state index in [4.69, 9.17) is 4.42 Å². The SMILES string of the molecule is CCc1nc(C)c(C(=O)NCCc2cnc[nH]2)o1. The van der Waals surface area contributed by atoms with Crippen molar-refractivity contribution < 1.29 is 9.21 Å². The molecular formula is C12H16N4O2. The Bertz CT molecular complexity index is 516. The van der Waals surface area contributed by atoms with E-state index < -0.39 is 0 Å². The van der Waals surface area contributed by atoms with Crippen LogP contribution in [0.2, 0.25) is 0 Å². The predicted octanol–water partition coefficient (Wildman–Crippen LogP) is 1.24. The fraction of sp³-hybridized carbons (Fsp3) is 0.417. The van der Waals surface area contributed by atoms with Gasteiger partial charge in [-0.2, -0.15) is 0 Å². The van der Waals surface area contributed by atoms with Crippen LogP contribution in [-0.2, 0) is 12.8 Å². The van der Waals surface area contributed by atoms with Crippen LogP contribution in [-0.4, -0.2) is 27.4 Å². The van der Waals surface area contributed by atoms with Crippen LogP contribution >= 0.6 is 0 Å². The normalized spacial score (nSPS) is 10.6. The minimum atomic E-state index is -0.223. The molecule has 0 aliphatic rings. The lowest BCUT2D eigenvalue weighted by molar-refractivity contribution is 0.0924. The maximum atomic E-state index is 11.9. The zero-order valence-electron chi connectivity index (χ0n) is 10.5. The number of rotatable bonds is 5. The molecule has 2 aromatic rings. The first kappa shape index (κ1) is 12.3. The molecule has 0 aliphatic carbocycles. The maximum Gasteiger partial charge on any atom is 0.289 e. The molecule has 2 N–H and O–H groups in total. The molecule has 2 heterocycles. The number of imidazole rings is 1. The van der Waals surface area contributed by atoms with Crippen LogP contribution in [0.15, 0.2) is 16.9 Å². The first-order valence-corrected chi connectivity index (χ1v) is 5.92.